The van der Waals surface area contributed by atoms with Crippen LogP contribution in [0.15, 0.2) is 29.0 Å². The fourth-order valence-corrected chi connectivity index (χ4v) is 3.02. The van der Waals surface area contributed by atoms with Crippen molar-refractivity contribution in [3.8, 4) is 22.8 Å². The Labute approximate surface area is 111 Å². The number of hydrogen-bond acceptors (Lipinski definition) is 3. The maximum absolute atomic E-state index is 5.45. The molecule has 0 saturated heterocycles. The van der Waals surface area contributed by atoms with E-state index < -0.39 is 0 Å². The second-order valence-electron chi connectivity index (χ2n) is 4.40. The Kier molecular flexibility index (Phi) is 3.68. The Balaban J connectivity index is 2.03. The van der Waals surface area contributed by atoms with Crippen LogP contribution in [0.2, 0.25) is 0 Å². The summed E-state index contributed by atoms with van der Waals surface area (Å²) in [5.74, 6) is 2.74. The molecule has 88 valence electrons. The molecule has 0 spiro atoms. The SMILES string of the molecule is C#CC(C)(C)NCc1cc(-c2cccs2)cs1. The van der Waals surface area contributed by atoms with Crippen molar-refractivity contribution in [1.29, 1.82) is 0 Å². The van der Waals surface area contributed by atoms with Gasteiger partial charge in [-0.15, -0.1) is 29.1 Å². The van der Waals surface area contributed by atoms with E-state index in [2.05, 4.69) is 40.2 Å². The molecule has 3 heteroatoms. The Bertz CT molecular complexity index is 515. The summed E-state index contributed by atoms with van der Waals surface area (Å²) in [6.45, 7) is 4.86. The summed E-state index contributed by atoms with van der Waals surface area (Å²) in [5, 5.41) is 7.66. The van der Waals surface area contributed by atoms with Gasteiger partial charge in [-0.1, -0.05) is 12.0 Å². The second kappa shape index (κ2) is 5.05. The van der Waals surface area contributed by atoms with Crippen LogP contribution in [0.5, 0.6) is 0 Å². The molecular formula is C14H15NS2. The fourth-order valence-electron chi connectivity index (χ4n) is 1.40. The molecule has 0 aliphatic carbocycles. The summed E-state index contributed by atoms with van der Waals surface area (Å²) in [4.78, 5) is 2.64. The summed E-state index contributed by atoms with van der Waals surface area (Å²) in [6.07, 6.45) is 5.45. The first kappa shape index (κ1) is 12.4. The predicted octanol–water partition coefficient (Wildman–Crippen LogP) is 3.98. The van der Waals surface area contributed by atoms with Crippen LogP contribution in [0.3, 0.4) is 0 Å². The molecule has 1 N–H and O–H groups in total. The third-order valence-electron chi connectivity index (χ3n) is 2.52. The lowest BCUT2D eigenvalue weighted by Gasteiger charge is -2.18. The van der Waals surface area contributed by atoms with E-state index in [-0.39, 0.29) is 5.54 Å². The molecular weight excluding hydrogens is 246 g/mol. The summed E-state index contributed by atoms with van der Waals surface area (Å²) < 4.78 is 0. The van der Waals surface area contributed by atoms with Gasteiger partial charge in [0.25, 0.3) is 0 Å². The molecule has 2 aromatic rings. The number of terminal acetylenes is 1. The smallest absolute Gasteiger partial charge is 0.0744 e. The van der Waals surface area contributed by atoms with E-state index in [0.717, 1.165) is 6.54 Å². The van der Waals surface area contributed by atoms with Crippen molar-refractivity contribution in [2.75, 3.05) is 0 Å². The van der Waals surface area contributed by atoms with Crippen molar-refractivity contribution in [2.45, 2.75) is 25.9 Å². The zero-order valence-corrected chi connectivity index (χ0v) is 11.6. The van der Waals surface area contributed by atoms with E-state index >= 15 is 0 Å². The van der Waals surface area contributed by atoms with Gasteiger partial charge in [0.15, 0.2) is 0 Å². The highest BCUT2D eigenvalue weighted by Crippen LogP contribution is 2.29. The molecule has 0 fully saturated rings. The highest BCUT2D eigenvalue weighted by molar-refractivity contribution is 7.14. The molecule has 2 rings (SSSR count). The standard InChI is InChI=1S/C14H15NS2/c1-4-14(2,3)15-9-12-8-11(10-17-12)13-6-5-7-16-13/h1,5-8,10,15H,9H2,2-3H3. The molecule has 0 aliphatic heterocycles. The third kappa shape index (κ3) is 3.19. The molecule has 0 aromatic carbocycles. The van der Waals surface area contributed by atoms with Gasteiger partial charge in [-0.2, -0.15) is 0 Å². The average molecular weight is 261 g/mol. The minimum Gasteiger partial charge on any atom is -0.297 e. The van der Waals surface area contributed by atoms with Crippen LogP contribution in [-0.4, -0.2) is 5.54 Å². The summed E-state index contributed by atoms with van der Waals surface area (Å²) in [7, 11) is 0. The van der Waals surface area contributed by atoms with Crippen LogP contribution in [0, 0.1) is 12.3 Å². The van der Waals surface area contributed by atoms with Crippen molar-refractivity contribution in [3.05, 3.63) is 33.8 Å². The minimum absolute atomic E-state index is 0.243. The van der Waals surface area contributed by atoms with Crippen LogP contribution in [0.25, 0.3) is 10.4 Å². The lowest BCUT2D eigenvalue weighted by Crippen LogP contribution is -2.36. The zero-order valence-electron chi connectivity index (χ0n) is 9.99. The maximum atomic E-state index is 5.45. The van der Waals surface area contributed by atoms with Crippen molar-refractivity contribution in [2.24, 2.45) is 0 Å². The summed E-state index contributed by atoms with van der Waals surface area (Å²) in [5.41, 5.74) is 1.06. The van der Waals surface area contributed by atoms with Crippen LogP contribution >= 0.6 is 22.7 Å². The fraction of sp³-hybridized carbons (Fsp3) is 0.286. The number of thiophene rings is 2. The normalized spacial score (nSPS) is 11.4. The van der Waals surface area contributed by atoms with E-state index in [9.17, 15) is 0 Å². The van der Waals surface area contributed by atoms with Crippen LogP contribution in [-0.2, 0) is 6.54 Å². The monoisotopic (exact) mass is 261 g/mol. The molecule has 0 bridgehead atoms. The lowest BCUT2D eigenvalue weighted by atomic mass is 10.1. The van der Waals surface area contributed by atoms with Crippen LogP contribution in [0.4, 0.5) is 0 Å². The van der Waals surface area contributed by atoms with Gasteiger partial charge in [0.1, 0.15) is 0 Å². The number of nitrogens with one attached hydrogen (secondary N) is 1. The van der Waals surface area contributed by atoms with Gasteiger partial charge in [0, 0.05) is 21.9 Å². The first-order chi connectivity index (χ1) is 8.11. The zero-order chi connectivity index (χ0) is 12.3. The van der Waals surface area contributed by atoms with E-state index in [1.54, 1.807) is 22.7 Å². The number of hydrogen-bond donors (Lipinski definition) is 1. The van der Waals surface area contributed by atoms with Crippen LogP contribution in [0.1, 0.15) is 18.7 Å². The second-order valence-corrected chi connectivity index (χ2v) is 6.35. The third-order valence-corrected chi connectivity index (χ3v) is 4.38. The topological polar surface area (TPSA) is 12.0 Å². The number of rotatable bonds is 4. The average Bonchev–Trinajstić information content (AvgIpc) is 2.97. The first-order valence-corrected chi connectivity index (χ1v) is 7.21. The molecule has 0 unspecified atom stereocenters. The van der Waals surface area contributed by atoms with Gasteiger partial charge in [-0.25, -0.2) is 0 Å². The Morgan fingerprint density at radius 1 is 1.41 bits per heavy atom. The van der Waals surface area contributed by atoms with Crippen molar-refractivity contribution < 1.29 is 0 Å². The Morgan fingerprint density at radius 2 is 2.24 bits per heavy atom. The van der Waals surface area contributed by atoms with Gasteiger partial charge < -0.3 is 0 Å². The molecule has 0 saturated carbocycles. The van der Waals surface area contributed by atoms with Gasteiger partial charge in [-0.05, 0) is 36.7 Å². The highest BCUT2D eigenvalue weighted by atomic mass is 32.1. The molecule has 0 amide bonds. The van der Waals surface area contributed by atoms with Gasteiger partial charge in [0.05, 0.1) is 5.54 Å². The predicted molar refractivity (Wildman–Crippen MR) is 77.4 cm³/mol. The van der Waals surface area contributed by atoms with Crippen LogP contribution < -0.4 is 5.32 Å². The van der Waals surface area contributed by atoms with Gasteiger partial charge >= 0.3 is 0 Å². The first-order valence-electron chi connectivity index (χ1n) is 5.45. The molecule has 0 radical (unpaired) electrons. The highest BCUT2D eigenvalue weighted by Gasteiger charge is 2.13. The molecule has 2 aromatic heterocycles. The van der Waals surface area contributed by atoms with Crippen molar-refractivity contribution in [3.63, 3.8) is 0 Å². The molecule has 0 atom stereocenters. The Morgan fingerprint density at radius 3 is 2.88 bits per heavy atom. The van der Waals surface area contributed by atoms with Gasteiger partial charge in [-0.3, -0.25) is 5.32 Å². The quantitative estimate of drug-likeness (QED) is 0.821. The van der Waals surface area contributed by atoms with Gasteiger partial charge in [0.2, 0.25) is 0 Å². The largest absolute Gasteiger partial charge is 0.297 e. The molecule has 17 heavy (non-hydrogen) atoms. The molecule has 0 aliphatic rings. The minimum atomic E-state index is -0.243. The lowest BCUT2D eigenvalue weighted by molar-refractivity contribution is 0.494. The summed E-state index contributed by atoms with van der Waals surface area (Å²) in [6, 6.07) is 6.46. The van der Waals surface area contributed by atoms with Crippen molar-refractivity contribution in [1.82, 2.24) is 5.32 Å². The summed E-state index contributed by atoms with van der Waals surface area (Å²) >= 11 is 3.55. The van der Waals surface area contributed by atoms with E-state index in [1.807, 2.05) is 13.8 Å². The Hall–Kier alpha value is -1.08. The molecule has 1 nitrogen and oxygen atoms in total. The molecule has 2 heterocycles. The maximum Gasteiger partial charge on any atom is 0.0744 e. The van der Waals surface area contributed by atoms with E-state index in [0.29, 0.717) is 0 Å². The van der Waals surface area contributed by atoms with E-state index in [1.165, 1.54) is 15.3 Å². The van der Waals surface area contributed by atoms with Crippen molar-refractivity contribution >= 4 is 22.7 Å². The van der Waals surface area contributed by atoms with E-state index in [4.69, 9.17) is 6.42 Å².